The van der Waals surface area contributed by atoms with Crippen molar-refractivity contribution in [3.05, 3.63) is 47.3 Å². The first-order valence-electron chi connectivity index (χ1n) is 5.98. The number of hydrogen-bond acceptors (Lipinski definition) is 3. The Kier molecular flexibility index (Phi) is 4.25. The molecule has 2 aromatic rings. The summed E-state index contributed by atoms with van der Waals surface area (Å²) in [4.78, 5) is 11.8. The summed E-state index contributed by atoms with van der Waals surface area (Å²) >= 11 is 0. The number of benzene rings is 1. The van der Waals surface area contributed by atoms with Crippen molar-refractivity contribution in [2.75, 3.05) is 5.32 Å². The molecule has 1 aromatic carbocycles. The van der Waals surface area contributed by atoms with E-state index >= 15 is 0 Å². The van der Waals surface area contributed by atoms with Crippen LogP contribution < -0.4 is 5.32 Å². The minimum Gasteiger partial charge on any atom is -0.345 e. The van der Waals surface area contributed by atoms with E-state index in [1.54, 1.807) is 0 Å². The van der Waals surface area contributed by atoms with Gasteiger partial charge in [0.2, 0.25) is 0 Å². The summed E-state index contributed by atoms with van der Waals surface area (Å²) in [6, 6.07) is 3.16. The molecule has 1 aromatic heterocycles. The van der Waals surface area contributed by atoms with Gasteiger partial charge < -0.3 is 9.88 Å². The molecule has 0 saturated carbocycles. The quantitative estimate of drug-likeness (QED) is 0.867. The van der Waals surface area contributed by atoms with Crippen LogP contribution in [0.2, 0.25) is 0 Å². The van der Waals surface area contributed by atoms with Gasteiger partial charge in [0, 0.05) is 29.5 Å². The van der Waals surface area contributed by atoms with Crippen LogP contribution in [0.25, 0.3) is 0 Å². The number of rotatable bonds is 3. The van der Waals surface area contributed by atoms with Gasteiger partial charge in [-0.25, -0.2) is 17.2 Å². The molecule has 0 aliphatic rings. The van der Waals surface area contributed by atoms with E-state index in [0.717, 1.165) is 24.4 Å². The van der Waals surface area contributed by atoms with Gasteiger partial charge in [0.25, 0.3) is 15.0 Å². The van der Waals surface area contributed by atoms with E-state index in [2.05, 4.69) is 5.32 Å². The van der Waals surface area contributed by atoms with Gasteiger partial charge in [-0.05, 0) is 25.1 Å². The van der Waals surface area contributed by atoms with E-state index in [9.17, 15) is 22.0 Å². The molecule has 1 heterocycles. The average Bonchev–Trinajstić information content (AvgIpc) is 2.81. The molecule has 0 fully saturated rings. The summed E-state index contributed by atoms with van der Waals surface area (Å²) in [7, 11) is 2.65. The normalized spacial score (nSPS) is 11.5. The number of carbonyl (C=O) groups is 1. The molecule has 0 atom stereocenters. The number of amides is 1. The molecule has 9 heteroatoms. The van der Waals surface area contributed by atoms with Crippen molar-refractivity contribution in [1.82, 2.24) is 4.57 Å². The maximum Gasteiger partial charge on any atom is 0.272 e. The van der Waals surface area contributed by atoms with Crippen molar-refractivity contribution in [2.24, 2.45) is 7.05 Å². The Morgan fingerprint density at radius 3 is 2.50 bits per heavy atom. The highest BCUT2D eigenvalue weighted by atomic mass is 35.7. The van der Waals surface area contributed by atoms with Crippen LogP contribution in [-0.4, -0.2) is 18.9 Å². The van der Waals surface area contributed by atoms with Crippen molar-refractivity contribution < 1.29 is 22.0 Å². The lowest BCUT2D eigenvalue weighted by Gasteiger charge is -2.09. The molecule has 0 radical (unpaired) electrons. The van der Waals surface area contributed by atoms with Gasteiger partial charge in [-0.3, -0.25) is 4.79 Å². The van der Waals surface area contributed by atoms with Crippen LogP contribution in [-0.2, 0) is 16.1 Å². The molecular weight excluding hydrogens is 338 g/mol. The molecule has 1 amide bonds. The molecule has 5 nitrogen and oxygen atoms in total. The average molecular weight is 349 g/mol. The number of carbonyl (C=O) groups excluding carboxylic acids is 1. The Hall–Kier alpha value is -1.93. The number of halogens is 3. The molecular formula is C13H11ClF2N2O3S. The van der Waals surface area contributed by atoms with Crippen LogP contribution >= 0.6 is 10.7 Å². The van der Waals surface area contributed by atoms with Gasteiger partial charge >= 0.3 is 0 Å². The fourth-order valence-electron chi connectivity index (χ4n) is 1.84. The maximum atomic E-state index is 13.9. The summed E-state index contributed by atoms with van der Waals surface area (Å²) in [6.45, 7) is 1.24. The smallest absolute Gasteiger partial charge is 0.272 e. The Morgan fingerprint density at radius 2 is 1.95 bits per heavy atom. The first-order valence-corrected chi connectivity index (χ1v) is 8.29. The van der Waals surface area contributed by atoms with E-state index < -0.39 is 26.6 Å². The summed E-state index contributed by atoms with van der Waals surface area (Å²) in [6.07, 6.45) is 1.16. The van der Waals surface area contributed by atoms with Crippen molar-refractivity contribution in [3.8, 4) is 0 Å². The second-order valence-electron chi connectivity index (χ2n) is 4.60. The highest BCUT2D eigenvalue weighted by Gasteiger charge is 2.20. The van der Waals surface area contributed by atoms with Gasteiger partial charge in [0.05, 0.1) is 5.69 Å². The van der Waals surface area contributed by atoms with Crippen molar-refractivity contribution in [2.45, 2.75) is 11.8 Å². The fourth-order valence-corrected chi connectivity index (χ4v) is 2.63. The van der Waals surface area contributed by atoms with E-state index in [0.29, 0.717) is 0 Å². The third kappa shape index (κ3) is 3.12. The highest BCUT2D eigenvalue weighted by Crippen LogP contribution is 2.22. The number of nitrogens with one attached hydrogen (secondary N) is 1. The minimum atomic E-state index is -3.98. The molecule has 1 N–H and O–H groups in total. The van der Waals surface area contributed by atoms with Gasteiger partial charge in [0.15, 0.2) is 5.82 Å². The number of aromatic nitrogens is 1. The lowest BCUT2D eigenvalue weighted by Crippen LogP contribution is -2.16. The molecule has 0 aliphatic carbocycles. The standard InChI is InChI=1S/C13H11ClF2N2O3S/c1-7-9(15)3-4-10(12(7)16)17-13(19)11-5-8(6-18(11)2)22(14,20)21/h3-6H,1-2H3,(H,17,19). The van der Waals surface area contributed by atoms with E-state index in [1.165, 1.54) is 18.5 Å². The van der Waals surface area contributed by atoms with Gasteiger partial charge in [-0.2, -0.15) is 0 Å². The molecule has 118 valence electrons. The molecule has 0 aliphatic heterocycles. The third-order valence-corrected chi connectivity index (χ3v) is 4.38. The first kappa shape index (κ1) is 16.4. The van der Waals surface area contributed by atoms with E-state index in [4.69, 9.17) is 10.7 Å². The zero-order chi connectivity index (χ0) is 16.7. The van der Waals surface area contributed by atoms with Crippen LogP contribution in [0.3, 0.4) is 0 Å². The van der Waals surface area contributed by atoms with E-state index in [1.807, 2.05) is 0 Å². The predicted molar refractivity (Wildman–Crippen MR) is 77.5 cm³/mol. The zero-order valence-corrected chi connectivity index (χ0v) is 13.1. The van der Waals surface area contributed by atoms with Crippen LogP contribution in [0.1, 0.15) is 16.1 Å². The second kappa shape index (κ2) is 5.69. The maximum absolute atomic E-state index is 13.9. The molecule has 0 bridgehead atoms. The summed E-state index contributed by atoms with van der Waals surface area (Å²) in [5, 5.41) is 2.26. The highest BCUT2D eigenvalue weighted by molar-refractivity contribution is 8.13. The Bertz CT molecular complexity index is 862. The van der Waals surface area contributed by atoms with E-state index in [-0.39, 0.29) is 21.8 Å². The summed E-state index contributed by atoms with van der Waals surface area (Å²) in [5.41, 5.74) is -0.477. The van der Waals surface area contributed by atoms with Crippen LogP contribution in [0.15, 0.2) is 29.3 Å². The van der Waals surface area contributed by atoms with Gasteiger partial charge in [-0.1, -0.05) is 0 Å². The van der Waals surface area contributed by atoms with Crippen molar-refractivity contribution >= 4 is 31.3 Å². The van der Waals surface area contributed by atoms with Crippen molar-refractivity contribution in [1.29, 1.82) is 0 Å². The Morgan fingerprint density at radius 1 is 1.32 bits per heavy atom. The molecule has 0 unspecified atom stereocenters. The predicted octanol–water partition coefficient (Wildman–Crippen LogP) is 2.79. The number of nitrogens with zero attached hydrogens (tertiary/aromatic N) is 1. The zero-order valence-electron chi connectivity index (χ0n) is 11.5. The largest absolute Gasteiger partial charge is 0.345 e. The number of hydrogen-bond donors (Lipinski definition) is 1. The summed E-state index contributed by atoms with van der Waals surface area (Å²) in [5.74, 6) is -2.38. The number of aryl methyl sites for hydroxylation is 1. The fraction of sp³-hybridized carbons (Fsp3) is 0.154. The van der Waals surface area contributed by atoms with Gasteiger partial charge in [0.1, 0.15) is 16.4 Å². The molecule has 0 saturated heterocycles. The van der Waals surface area contributed by atoms with Crippen LogP contribution in [0.4, 0.5) is 14.5 Å². The van der Waals surface area contributed by atoms with Crippen molar-refractivity contribution in [3.63, 3.8) is 0 Å². The Balaban J connectivity index is 2.35. The monoisotopic (exact) mass is 348 g/mol. The SMILES string of the molecule is Cc1c(F)ccc(NC(=O)c2cc(S(=O)(=O)Cl)cn2C)c1F. The molecule has 0 spiro atoms. The number of anilines is 1. The van der Waals surface area contributed by atoms with Gasteiger partial charge in [-0.15, -0.1) is 0 Å². The Labute approximate surface area is 129 Å². The second-order valence-corrected chi connectivity index (χ2v) is 7.16. The topological polar surface area (TPSA) is 68.2 Å². The molecule has 22 heavy (non-hydrogen) atoms. The lowest BCUT2D eigenvalue weighted by atomic mass is 10.2. The van der Waals surface area contributed by atoms with Crippen LogP contribution in [0.5, 0.6) is 0 Å². The molecule has 2 rings (SSSR count). The first-order chi connectivity index (χ1) is 10.1. The minimum absolute atomic E-state index is 0.0411. The lowest BCUT2D eigenvalue weighted by molar-refractivity contribution is 0.101. The van der Waals surface area contributed by atoms with Crippen LogP contribution in [0, 0.1) is 18.6 Å². The third-order valence-electron chi connectivity index (χ3n) is 3.06. The summed E-state index contributed by atoms with van der Waals surface area (Å²) < 4.78 is 50.7.